The van der Waals surface area contributed by atoms with Crippen LogP contribution < -0.4 is 0 Å². The van der Waals surface area contributed by atoms with Crippen LogP contribution >= 0.6 is 23.2 Å². The fraction of sp³-hybridized carbons (Fsp3) is 0.692. The third kappa shape index (κ3) is 2.74. The van der Waals surface area contributed by atoms with E-state index in [2.05, 4.69) is 16.9 Å². The van der Waals surface area contributed by atoms with Crippen molar-refractivity contribution in [2.45, 2.75) is 51.9 Å². The zero-order chi connectivity index (χ0) is 12.4. The van der Waals surface area contributed by atoms with Crippen LogP contribution in [0.25, 0.3) is 0 Å². The monoisotopic (exact) mass is 272 g/mol. The Morgan fingerprint density at radius 3 is 2.24 bits per heavy atom. The van der Waals surface area contributed by atoms with Crippen LogP contribution in [0, 0.1) is 5.92 Å². The molecule has 17 heavy (non-hydrogen) atoms. The minimum atomic E-state index is 0.445. The molecule has 0 spiro atoms. The minimum Gasteiger partial charge on any atom is -0.221 e. The second-order valence-electron chi connectivity index (χ2n) is 4.78. The van der Waals surface area contributed by atoms with Crippen molar-refractivity contribution in [3.05, 3.63) is 21.7 Å². The molecule has 0 saturated heterocycles. The smallest absolute Gasteiger partial charge is 0.137 e. The van der Waals surface area contributed by atoms with Crippen molar-refractivity contribution < 1.29 is 0 Å². The predicted molar refractivity (Wildman–Crippen MR) is 71.8 cm³/mol. The van der Waals surface area contributed by atoms with Crippen molar-refractivity contribution in [3.63, 3.8) is 0 Å². The van der Waals surface area contributed by atoms with Gasteiger partial charge in [-0.25, -0.2) is 9.97 Å². The van der Waals surface area contributed by atoms with E-state index in [1.54, 1.807) is 0 Å². The van der Waals surface area contributed by atoms with Gasteiger partial charge in [0.05, 0.1) is 0 Å². The van der Waals surface area contributed by atoms with Crippen LogP contribution in [0.1, 0.15) is 56.8 Å². The highest BCUT2D eigenvalue weighted by Gasteiger charge is 2.27. The molecule has 0 amide bonds. The molecule has 1 aliphatic carbocycles. The number of halogens is 2. The summed E-state index contributed by atoms with van der Waals surface area (Å²) in [4.78, 5) is 8.85. The number of hydrogen-bond acceptors (Lipinski definition) is 2. The van der Waals surface area contributed by atoms with Crippen molar-refractivity contribution in [2.75, 3.05) is 0 Å². The van der Waals surface area contributed by atoms with Crippen LogP contribution in [-0.4, -0.2) is 9.97 Å². The van der Waals surface area contributed by atoms with E-state index in [9.17, 15) is 0 Å². The minimum absolute atomic E-state index is 0.445. The molecule has 2 atom stereocenters. The Labute approximate surface area is 113 Å². The third-order valence-corrected chi connectivity index (χ3v) is 4.39. The van der Waals surface area contributed by atoms with Crippen LogP contribution in [0.5, 0.6) is 0 Å². The normalized spacial score (nSPS) is 24.2. The van der Waals surface area contributed by atoms with Gasteiger partial charge in [0.25, 0.3) is 0 Å². The maximum absolute atomic E-state index is 6.15. The summed E-state index contributed by atoms with van der Waals surface area (Å²) in [6, 6.07) is 0. The van der Waals surface area contributed by atoms with Crippen LogP contribution in [-0.2, 0) is 6.42 Å². The Morgan fingerprint density at radius 2 is 1.76 bits per heavy atom. The summed E-state index contributed by atoms with van der Waals surface area (Å²) in [7, 11) is 0. The highest BCUT2D eigenvalue weighted by Crippen LogP contribution is 2.39. The Bertz CT molecular complexity index is 383. The summed E-state index contributed by atoms with van der Waals surface area (Å²) in [5, 5.41) is 1.06. The Hall–Kier alpha value is -0.340. The maximum Gasteiger partial charge on any atom is 0.137 e. The van der Waals surface area contributed by atoms with Gasteiger partial charge in [0.2, 0.25) is 0 Å². The fourth-order valence-corrected chi connectivity index (χ4v) is 3.27. The largest absolute Gasteiger partial charge is 0.221 e. The van der Waals surface area contributed by atoms with Crippen molar-refractivity contribution in [1.82, 2.24) is 9.97 Å². The molecular formula is C13H18Cl2N2. The first-order chi connectivity index (χ1) is 8.15. The van der Waals surface area contributed by atoms with Crippen LogP contribution in [0.2, 0.25) is 10.3 Å². The molecule has 0 N–H and O–H groups in total. The van der Waals surface area contributed by atoms with Gasteiger partial charge in [0.1, 0.15) is 16.1 Å². The highest BCUT2D eigenvalue weighted by atomic mass is 35.5. The predicted octanol–water partition coefficient (Wildman–Crippen LogP) is 4.64. The molecule has 2 nitrogen and oxygen atoms in total. The molecule has 1 aliphatic rings. The zero-order valence-corrected chi connectivity index (χ0v) is 11.9. The van der Waals surface area contributed by atoms with E-state index in [0.717, 1.165) is 30.1 Å². The van der Waals surface area contributed by atoms with Gasteiger partial charge in [-0.2, -0.15) is 0 Å². The summed E-state index contributed by atoms with van der Waals surface area (Å²) in [5.41, 5.74) is 0.863. The average molecular weight is 273 g/mol. The van der Waals surface area contributed by atoms with E-state index in [1.165, 1.54) is 19.3 Å². The Morgan fingerprint density at radius 1 is 1.12 bits per heavy atom. The van der Waals surface area contributed by atoms with E-state index in [4.69, 9.17) is 23.2 Å². The first-order valence-corrected chi connectivity index (χ1v) is 7.13. The zero-order valence-electron chi connectivity index (χ0n) is 10.3. The molecule has 0 aliphatic heterocycles. The van der Waals surface area contributed by atoms with E-state index < -0.39 is 0 Å². The van der Waals surface area contributed by atoms with Crippen LogP contribution in [0.15, 0.2) is 0 Å². The molecule has 0 radical (unpaired) electrons. The molecule has 1 fully saturated rings. The van der Waals surface area contributed by atoms with Gasteiger partial charge < -0.3 is 0 Å². The third-order valence-electron chi connectivity index (χ3n) is 3.76. The molecule has 0 aromatic carbocycles. The van der Waals surface area contributed by atoms with E-state index >= 15 is 0 Å². The van der Waals surface area contributed by atoms with Crippen molar-refractivity contribution in [1.29, 1.82) is 0 Å². The topological polar surface area (TPSA) is 25.8 Å². The average Bonchev–Trinajstić information content (AvgIpc) is 2.77. The standard InChI is InChI=1S/C13H18Cl2N2/c1-3-8-5-6-9(7-8)13-16-11(14)10(4-2)12(15)17-13/h8-9H,3-7H2,1-2H3. The Kier molecular flexibility index (Phi) is 4.26. The van der Waals surface area contributed by atoms with E-state index in [-0.39, 0.29) is 0 Å². The first-order valence-electron chi connectivity index (χ1n) is 6.37. The van der Waals surface area contributed by atoms with Gasteiger partial charge in [-0.05, 0) is 31.6 Å². The Balaban J connectivity index is 2.23. The molecule has 1 heterocycles. The number of hydrogen-bond donors (Lipinski definition) is 0. The van der Waals surface area contributed by atoms with Crippen molar-refractivity contribution >= 4 is 23.2 Å². The van der Waals surface area contributed by atoms with E-state index in [0.29, 0.717) is 16.2 Å². The molecule has 1 saturated carbocycles. The molecule has 4 heteroatoms. The molecule has 2 rings (SSSR count). The van der Waals surface area contributed by atoms with Gasteiger partial charge in [0.15, 0.2) is 0 Å². The quantitative estimate of drug-likeness (QED) is 0.750. The van der Waals surface area contributed by atoms with Crippen molar-refractivity contribution in [2.24, 2.45) is 5.92 Å². The molecule has 2 unspecified atom stereocenters. The van der Waals surface area contributed by atoms with Gasteiger partial charge >= 0.3 is 0 Å². The number of rotatable bonds is 3. The SMILES string of the molecule is CCc1c(Cl)nc(C2CCC(CC)C2)nc1Cl. The highest BCUT2D eigenvalue weighted by molar-refractivity contribution is 6.34. The second kappa shape index (κ2) is 5.53. The molecule has 94 valence electrons. The van der Waals surface area contributed by atoms with Crippen molar-refractivity contribution in [3.8, 4) is 0 Å². The summed E-state index contributed by atoms with van der Waals surface area (Å²) < 4.78 is 0. The maximum atomic E-state index is 6.15. The second-order valence-corrected chi connectivity index (χ2v) is 5.50. The summed E-state index contributed by atoms with van der Waals surface area (Å²) in [6.07, 6.45) is 5.63. The van der Waals surface area contributed by atoms with Crippen LogP contribution in [0.3, 0.4) is 0 Å². The number of aromatic nitrogens is 2. The van der Waals surface area contributed by atoms with Gasteiger partial charge in [-0.3, -0.25) is 0 Å². The summed E-state index contributed by atoms with van der Waals surface area (Å²) in [5.74, 6) is 2.10. The summed E-state index contributed by atoms with van der Waals surface area (Å²) >= 11 is 12.3. The first kappa shape index (κ1) is 13.1. The van der Waals surface area contributed by atoms with Crippen LogP contribution in [0.4, 0.5) is 0 Å². The molecule has 1 aromatic rings. The number of nitrogens with zero attached hydrogens (tertiary/aromatic N) is 2. The lowest BCUT2D eigenvalue weighted by atomic mass is 10.0. The lowest BCUT2D eigenvalue weighted by molar-refractivity contribution is 0.516. The molecule has 0 bridgehead atoms. The molecule has 1 aromatic heterocycles. The van der Waals surface area contributed by atoms with Gasteiger partial charge in [-0.15, -0.1) is 0 Å². The summed E-state index contributed by atoms with van der Waals surface area (Å²) in [6.45, 7) is 4.26. The lowest BCUT2D eigenvalue weighted by Gasteiger charge is -2.11. The van der Waals surface area contributed by atoms with Gasteiger partial charge in [0, 0.05) is 11.5 Å². The van der Waals surface area contributed by atoms with Gasteiger partial charge in [-0.1, -0.05) is 43.5 Å². The van der Waals surface area contributed by atoms with E-state index in [1.807, 2.05) is 6.92 Å². The molecular weight excluding hydrogens is 255 g/mol. The lowest BCUT2D eigenvalue weighted by Crippen LogP contribution is -2.04. The fourth-order valence-electron chi connectivity index (χ4n) is 2.60.